The summed E-state index contributed by atoms with van der Waals surface area (Å²) in [5.74, 6) is -0.985. The summed E-state index contributed by atoms with van der Waals surface area (Å²) >= 11 is 3.31. The van der Waals surface area contributed by atoms with Crippen molar-refractivity contribution in [1.82, 2.24) is 15.1 Å². The molecule has 2 aromatic rings. The van der Waals surface area contributed by atoms with Gasteiger partial charge in [0, 0.05) is 23.7 Å². The molecule has 0 bridgehead atoms. The SMILES string of the molecule is O=C(NCCCCCCO)c1nn(-c2ccc(Br)cc2)c(=O)cc1O. The number of aromatic hydroxyl groups is 1. The molecule has 7 nitrogen and oxygen atoms in total. The van der Waals surface area contributed by atoms with E-state index in [0.717, 1.165) is 40.9 Å². The summed E-state index contributed by atoms with van der Waals surface area (Å²) in [6.45, 7) is 0.602. The van der Waals surface area contributed by atoms with Gasteiger partial charge in [0.1, 0.15) is 0 Å². The van der Waals surface area contributed by atoms with E-state index in [1.54, 1.807) is 24.3 Å². The largest absolute Gasteiger partial charge is 0.505 e. The summed E-state index contributed by atoms with van der Waals surface area (Å²) in [5, 5.41) is 25.3. The van der Waals surface area contributed by atoms with Crippen molar-refractivity contribution in [2.75, 3.05) is 13.2 Å². The lowest BCUT2D eigenvalue weighted by Gasteiger charge is -2.09. The number of unbranched alkanes of at least 4 members (excludes halogenated alkanes) is 3. The van der Waals surface area contributed by atoms with Gasteiger partial charge in [-0.05, 0) is 37.1 Å². The van der Waals surface area contributed by atoms with Crippen LogP contribution in [0.2, 0.25) is 0 Å². The first kappa shape index (κ1) is 19.1. The average Bonchev–Trinajstić information content (AvgIpc) is 2.59. The smallest absolute Gasteiger partial charge is 0.275 e. The third-order valence-corrected chi connectivity index (χ3v) is 4.10. The molecule has 0 aliphatic carbocycles. The fourth-order valence-electron chi connectivity index (χ4n) is 2.25. The Hall–Kier alpha value is -2.19. The summed E-state index contributed by atoms with van der Waals surface area (Å²) in [7, 11) is 0. The third kappa shape index (κ3) is 5.40. The molecule has 0 aliphatic rings. The molecule has 0 saturated heterocycles. The topological polar surface area (TPSA) is 104 Å². The number of halogens is 1. The summed E-state index contributed by atoms with van der Waals surface area (Å²) in [6.07, 6.45) is 3.29. The number of aliphatic hydroxyl groups is 1. The lowest BCUT2D eigenvalue weighted by molar-refractivity contribution is 0.0943. The van der Waals surface area contributed by atoms with E-state index >= 15 is 0 Å². The molecule has 0 aliphatic heterocycles. The minimum Gasteiger partial charge on any atom is -0.505 e. The number of aliphatic hydroxyl groups excluding tert-OH is 1. The van der Waals surface area contributed by atoms with Gasteiger partial charge in [0.2, 0.25) is 0 Å². The Labute approximate surface area is 153 Å². The Morgan fingerprint density at radius 2 is 1.84 bits per heavy atom. The molecule has 3 N–H and O–H groups in total. The maximum atomic E-state index is 12.2. The third-order valence-electron chi connectivity index (χ3n) is 3.57. The standard InChI is InChI=1S/C17H20BrN3O4/c18-12-5-7-13(8-6-12)21-15(24)11-14(23)16(20-21)17(25)19-9-3-1-2-4-10-22/h5-8,11,22-23H,1-4,9-10H2,(H,19,25). The van der Waals surface area contributed by atoms with Crippen molar-refractivity contribution < 1.29 is 15.0 Å². The molecule has 0 unspecified atom stereocenters. The predicted octanol–water partition coefficient (Wildman–Crippen LogP) is 1.98. The lowest BCUT2D eigenvalue weighted by atomic mass is 10.2. The van der Waals surface area contributed by atoms with Crippen LogP contribution in [0.4, 0.5) is 0 Å². The molecule has 8 heteroatoms. The van der Waals surface area contributed by atoms with Crippen LogP contribution in [-0.2, 0) is 0 Å². The highest BCUT2D eigenvalue weighted by atomic mass is 79.9. The molecule has 1 amide bonds. The minimum atomic E-state index is -0.537. The molecular weight excluding hydrogens is 390 g/mol. The predicted molar refractivity (Wildman–Crippen MR) is 97.1 cm³/mol. The highest BCUT2D eigenvalue weighted by Gasteiger charge is 2.16. The van der Waals surface area contributed by atoms with E-state index in [1.807, 2.05) is 0 Å². The zero-order valence-corrected chi connectivity index (χ0v) is 15.2. The van der Waals surface area contributed by atoms with Crippen LogP contribution >= 0.6 is 15.9 Å². The van der Waals surface area contributed by atoms with Crippen LogP contribution in [-0.4, -0.2) is 39.1 Å². The molecule has 0 radical (unpaired) electrons. The highest BCUT2D eigenvalue weighted by molar-refractivity contribution is 9.10. The van der Waals surface area contributed by atoms with Gasteiger partial charge in [0.25, 0.3) is 11.5 Å². The number of benzene rings is 1. The highest BCUT2D eigenvalue weighted by Crippen LogP contribution is 2.15. The van der Waals surface area contributed by atoms with Gasteiger partial charge in [-0.15, -0.1) is 0 Å². The molecule has 2 rings (SSSR count). The minimum absolute atomic E-state index is 0.168. The van der Waals surface area contributed by atoms with Crippen LogP contribution in [0.5, 0.6) is 5.75 Å². The van der Waals surface area contributed by atoms with Crippen LogP contribution in [0.25, 0.3) is 5.69 Å². The number of nitrogens with zero attached hydrogens (tertiary/aromatic N) is 2. The Morgan fingerprint density at radius 1 is 1.16 bits per heavy atom. The molecule has 1 aromatic heterocycles. The fraction of sp³-hybridized carbons (Fsp3) is 0.353. The fourth-order valence-corrected chi connectivity index (χ4v) is 2.52. The Bertz CT molecular complexity index is 774. The van der Waals surface area contributed by atoms with E-state index in [1.165, 1.54) is 0 Å². The maximum absolute atomic E-state index is 12.2. The molecule has 134 valence electrons. The van der Waals surface area contributed by atoms with E-state index in [4.69, 9.17) is 5.11 Å². The Balaban J connectivity index is 2.10. The van der Waals surface area contributed by atoms with Gasteiger partial charge >= 0.3 is 0 Å². The number of amides is 1. The van der Waals surface area contributed by atoms with Crippen molar-refractivity contribution in [3.8, 4) is 11.4 Å². The second-order valence-electron chi connectivity index (χ2n) is 5.50. The molecule has 0 atom stereocenters. The summed E-state index contributed by atoms with van der Waals surface area (Å²) < 4.78 is 1.92. The number of hydrogen-bond acceptors (Lipinski definition) is 5. The van der Waals surface area contributed by atoms with Crippen LogP contribution < -0.4 is 10.9 Å². The molecule has 0 spiro atoms. The molecule has 0 fully saturated rings. The number of rotatable bonds is 8. The zero-order valence-electron chi connectivity index (χ0n) is 13.6. The van der Waals surface area contributed by atoms with Crippen LogP contribution in [0.15, 0.2) is 39.6 Å². The number of nitrogens with one attached hydrogen (secondary N) is 1. The molecule has 1 heterocycles. The normalized spacial score (nSPS) is 10.6. The van der Waals surface area contributed by atoms with Crippen molar-refractivity contribution in [1.29, 1.82) is 0 Å². The summed E-state index contributed by atoms with van der Waals surface area (Å²) in [5.41, 5.74) is -0.232. The van der Waals surface area contributed by atoms with Gasteiger partial charge < -0.3 is 15.5 Å². The van der Waals surface area contributed by atoms with Crippen LogP contribution in [0.3, 0.4) is 0 Å². The van der Waals surface area contributed by atoms with E-state index < -0.39 is 17.2 Å². The van der Waals surface area contributed by atoms with Crippen molar-refractivity contribution in [2.24, 2.45) is 0 Å². The molecule has 25 heavy (non-hydrogen) atoms. The first-order valence-corrected chi connectivity index (χ1v) is 8.80. The Morgan fingerprint density at radius 3 is 2.52 bits per heavy atom. The van der Waals surface area contributed by atoms with Gasteiger partial charge in [0.05, 0.1) is 5.69 Å². The van der Waals surface area contributed by atoms with Crippen molar-refractivity contribution >= 4 is 21.8 Å². The zero-order chi connectivity index (χ0) is 18.2. The van der Waals surface area contributed by atoms with E-state index in [2.05, 4.69) is 26.3 Å². The number of aromatic nitrogens is 2. The summed E-state index contributed by atoms with van der Waals surface area (Å²) in [4.78, 5) is 24.2. The van der Waals surface area contributed by atoms with Gasteiger partial charge in [-0.1, -0.05) is 28.8 Å². The Kier molecular flexibility index (Phi) is 7.15. The summed E-state index contributed by atoms with van der Waals surface area (Å²) in [6, 6.07) is 7.84. The van der Waals surface area contributed by atoms with Gasteiger partial charge in [-0.3, -0.25) is 9.59 Å². The molecule has 1 aromatic carbocycles. The first-order chi connectivity index (χ1) is 12.0. The van der Waals surface area contributed by atoms with Crippen molar-refractivity contribution in [3.05, 3.63) is 50.9 Å². The van der Waals surface area contributed by atoms with Crippen molar-refractivity contribution in [3.63, 3.8) is 0 Å². The van der Waals surface area contributed by atoms with Gasteiger partial charge in [-0.2, -0.15) is 9.78 Å². The van der Waals surface area contributed by atoms with Crippen LogP contribution in [0.1, 0.15) is 36.2 Å². The second-order valence-corrected chi connectivity index (χ2v) is 6.41. The van der Waals surface area contributed by atoms with Crippen molar-refractivity contribution in [2.45, 2.75) is 25.7 Å². The number of carbonyl (C=O) groups is 1. The number of carbonyl (C=O) groups excluding carboxylic acids is 1. The van der Waals surface area contributed by atoms with Gasteiger partial charge in [0.15, 0.2) is 11.4 Å². The van der Waals surface area contributed by atoms with E-state index in [-0.39, 0.29) is 12.3 Å². The molecular formula is C17H20BrN3O4. The molecule has 0 saturated carbocycles. The number of hydrogen-bond donors (Lipinski definition) is 3. The maximum Gasteiger partial charge on any atom is 0.275 e. The average molecular weight is 410 g/mol. The quantitative estimate of drug-likeness (QED) is 0.578. The first-order valence-electron chi connectivity index (χ1n) is 8.01. The lowest BCUT2D eigenvalue weighted by Crippen LogP contribution is -2.29. The van der Waals surface area contributed by atoms with E-state index in [9.17, 15) is 14.7 Å². The monoisotopic (exact) mass is 409 g/mol. The van der Waals surface area contributed by atoms with Crippen LogP contribution in [0, 0.1) is 0 Å². The second kappa shape index (κ2) is 9.33. The van der Waals surface area contributed by atoms with Gasteiger partial charge in [-0.25, -0.2) is 0 Å². The van der Waals surface area contributed by atoms with E-state index in [0.29, 0.717) is 12.2 Å².